The highest BCUT2D eigenvalue weighted by atomic mass is 79.9. The van der Waals surface area contributed by atoms with Crippen LogP contribution in [0.25, 0.3) is 0 Å². The number of rotatable bonds is 3. The molecular formula is C13H12BrN3O. The van der Waals surface area contributed by atoms with Gasteiger partial charge in [-0.25, -0.2) is 0 Å². The molecule has 0 bridgehead atoms. The Labute approximate surface area is 114 Å². The lowest BCUT2D eigenvalue weighted by atomic mass is 10.2. The van der Waals surface area contributed by atoms with Gasteiger partial charge in [0.25, 0.3) is 5.91 Å². The molecule has 0 unspecified atom stereocenters. The highest BCUT2D eigenvalue weighted by Gasteiger charge is 2.07. The minimum Gasteiger partial charge on any atom is -0.346 e. The van der Waals surface area contributed by atoms with E-state index < -0.39 is 0 Å². The number of aryl methyl sites for hydroxylation is 1. The molecule has 18 heavy (non-hydrogen) atoms. The second-order valence-corrected chi connectivity index (χ2v) is 4.76. The minimum absolute atomic E-state index is 0.158. The zero-order chi connectivity index (χ0) is 13.0. The Morgan fingerprint density at radius 3 is 3.00 bits per heavy atom. The fraction of sp³-hybridized carbons (Fsp3) is 0.154. The van der Waals surface area contributed by atoms with Gasteiger partial charge in [-0.2, -0.15) is 0 Å². The van der Waals surface area contributed by atoms with Crippen molar-refractivity contribution in [2.24, 2.45) is 0 Å². The Hall–Kier alpha value is -1.75. The minimum atomic E-state index is -0.158. The van der Waals surface area contributed by atoms with Crippen LogP contribution in [0.2, 0.25) is 0 Å². The highest BCUT2D eigenvalue weighted by Crippen LogP contribution is 2.09. The first-order chi connectivity index (χ1) is 8.66. The standard InChI is InChI=1S/C13H12BrN3O/c1-9-3-2-4-16-12(9)8-17-13(18)10-5-11(14)7-15-6-10/h2-7H,8H2,1H3,(H,17,18). The van der Waals surface area contributed by atoms with Crippen molar-refractivity contribution in [2.75, 3.05) is 0 Å². The normalized spacial score (nSPS) is 10.1. The van der Waals surface area contributed by atoms with Gasteiger partial charge in [0.05, 0.1) is 17.8 Å². The van der Waals surface area contributed by atoms with E-state index in [1.807, 2.05) is 19.1 Å². The van der Waals surface area contributed by atoms with Crippen LogP contribution in [-0.4, -0.2) is 15.9 Å². The number of carbonyl (C=O) groups excluding carboxylic acids is 1. The van der Waals surface area contributed by atoms with E-state index in [2.05, 4.69) is 31.2 Å². The van der Waals surface area contributed by atoms with Crippen LogP contribution in [0.5, 0.6) is 0 Å². The van der Waals surface area contributed by atoms with E-state index in [9.17, 15) is 4.79 Å². The van der Waals surface area contributed by atoms with Crippen LogP contribution in [0, 0.1) is 6.92 Å². The molecule has 0 saturated heterocycles. The molecule has 92 valence electrons. The summed E-state index contributed by atoms with van der Waals surface area (Å²) < 4.78 is 0.782. The first-order valence-electron chi connectivity index (χ1n) is 5.46. The van der Waals surface area contributed by atoms with Gasteiger partial charge in [0.15, 0.2) is 0 Å². The van der Waals surface area contributed by atoms with Crippen LogP contribution in [0.1, 0.15) is 21.6 Å². The van der Waals surface area contributed by atoms with Gasteiger partial charge in [-0.15, -0.1) is 0 Å². The van der Waals surface area contributed by atoms with E-state index in [0.717, 1.165) is 15.7 Å². The molecule has 0 aliphatic carbocycles. The predicted molar refractivity (Wildman–Crippen MR) is 72.1 cm³/mol. The average Bonchev–Trinajstić information content (AvgIpc) is 2.37. The summed E-state index contributed by atoms with van der Waals surface area (Å²) in [6.07, 6.45) is 4.89. The molecule has 1 amide bonds. The summed E-state index contributed by atoms with van der Waals surface area (Å²) >= 11 is 3.28. The van der Waals surface area contributed by atoms with Crippen molar-refractivity contribution >= 4 is 21.8 Å². The van der Waals surface area contributed by atoms with Gasteiger partial charge in [-0.3, -0.25) is 14.8 Å². The maximum absolute atomic E-state index is 11.9. The molecule has 0 atom stereocenters. The number of hydrogen-bond acceptors (Lipinski definition) is 3. The van der Waals surface area contributed by atoms with Crippen molar-refractivity contribution in [1.82, 2.24) is 15.3 Å². The summed E-state index contributed by atoms with van der Waals surface area (Å²) in [5.41, 5.74) is 2.46. The summed E-state index contributed by atoms with van der Waals surface area (Å²) in [5, 5.41) is 2.82. The zero-order valence-electron chi connectivity index (χ0n) is 9.85. The van der Waals surface area contributed by atoms with Gasteiger partial charge in [0.2, 0.25) is 0 Å². The van der Waals surface area contributed by atoms with Gasteiger partial charge >= 0.3 is 0 Å². The van der Waals surface area contributed by atoms with Crippen LogP contribution in [0.3, 0.4) is 0 Å². The Morgan fingerprint density at radius 1 is 1.44 bits per heavy atom. The zero-order valence-corrected chi connectivity index (χ0v) is 11.4. The third-order valence-electron chi connectivity index (χ3n) is 2.50. The van der Waals surface area contributed by atoms with E-state index >= 15 is 0 Å². The first kappa shape index (κ1) is 12.7. The molecule has 5 heteroatoms. The molecule has 2 rings (SSSR count). The van der Waals surface area contributed by atoms with Gasteiger partial charge in [0, 0.05) is 23.1 Å². The smallest absolute Gasteiger partial charge is 0.253 e. The van der Waals surface area contributed by atoms with Crippen LogP contribution < -0.4 is 5.32 Å². The molecule has 2 heterocycles. The maximum Gasteiger partial charge on any atom is 0.253 e. The molecule has 0 aliphatic rings. The van der Waals surface area contributed by atoms with Crippen LogP contribution in [-0.2, 0) is 6.54 Å². The molecule has 0 fully saturated rings. The van der Waals surface area contributed by atoms with Gasteiger partial charge in [-0.1, -0.05) is 6.07 Å². The third-order valence-corrected chi connectivity index (χ3v) is 2.93. The Balaban J connectivity index is 2.03. The molecule has 2 aromatic heterocycles. The van der Waals surface area contributed by atoms with Crippen LogP contribution in [0.15, 0.2) is 41.3 Å². The predicted octanol–water partition coefficient (Wildman–Crippen LogP) is 2.48. The monoisotopic (exact) mass is 305 g/mol. The summed E-state index contributed by atoms with van der Waals surface area (Å²) in [5.74, 6) is -0.158. The summed E-state index contributed by atoms with van der Waals surface area (Å²) in [4.78, 5) is 20.1. The van der Waals surface area contributed by atoms with Crippen molar-refractivity contribution in [3.63, 3.8) is 0 Å². The quantitative estimate of drug-likeness (QED) is 0.948. The third kappa shape index (κ3) is 3.13. The van der Waals surface area contributed by atoms with Gasteiger partial charge < -0.3 is 5.32 Å². The fourth-order valence-corrected chi connectivity index (χ4v) is 1.87. The lowest BCUT2D eigenvalue weighted by Gasteiger charge is -2.06. The van der Waals surface area contributed by atoms with E-state index in [0.29, 0.717) is 12.1 Å². The average molecular weight is 306 g/mol. The number of nitrogens with zero attached hydrogens (tertiary/aromatic N) is 2. The van der Waals surface area contributed by atoms with E-state index in [4.69, 9.17) is 0 Å². The highest BCUT2D eigenvalue weighted by molar-refractivity contribution is 9.10. The Bertz CT molecular complexity index is 572. The summed E-state index contributed by atoms with van der Waals surface area (Å²) in [6.45, 7) is 2.38. The van der Waals surface area contributed by atoms with Crippen molar-refractivity contribution in [2.45, 2.75) is 13.5 Å². The molecule has 0 spiro atoms. The van der Waals surface area contributed by atoms with E-state index in [-0.39, 0.29) is 5.91 Å². The molecule has 1 N–H and O–H groups in total. The molecule has 0 radical (unpaired) electrons. The molecule has 0 saturated carbocycles. The largest absolute Gasteiger partial charge is 0.346 e. The number of halogens is 1. The summed E-state index contributed by atoms with van der Waals surface area (Å²) in [6, 6.07) is 5.57. The van der Waals surface area contributed by atoms with Crippen LogP contribution in [0.4, 0.5) is 0 Å². The lowest BCUT2D eigenvalue weighted by molar-refractivity contribution is 0.0950. The number of carbonyl (C=O) groups is 1. The second kappa shape index (κ2) is 5.73. The Morgan fingerprint density at radius 2 is 2.28 bits per heavy atom. The van der Waals surface area contributed by atoms with Crippen molar-refractivity contribution < 1.29 is 4.79 Å². The molecule has 0 aromatic carbocycles. The molecular weight excluding hydrogens is 294 g/mol. The van der Waals surface area contributed by atoms with E-state index in [1.165, 1.54) is 6.20 Å². The van der Waals surface area contributed by atoms with Crippen molar-refractivity contribution in [1.29, 1.82) is 0 Å². The number of hydrogen-bond donors (Lipinski definition) is 1. The van der Waals surface area contributed by atoms with Crippen molar-refractivity contribution in [3.8, 4) is 0 Å². The molecule has 4 nitrogen and oxygen atoms in total. The van der Waals surface area contributed by atoms with E-state index in [1.54, 1.807) is 18.5 Å². The molecule has 2 aromatic rings. The van der Waals surface area contributed by atoms with Gasteiger partial charge in [-0.05, 0) is 40.5 Å². The number of nitrogens with one attached hydrogen (secondary N) is 1. The Kier molecular flexibility index (Phi) is 4.04. The number of pyridine rings is 2. The number of amides is 1. The topological polar surface area (TPSA) is 54.9 Å². The molecule has 0 aliphatic heterocycles. The van der Waals surface area contributed by atoms with Crippen LogP contribution >= 0.6 is 15.9 Å². The first-order valence-corrected chi connectivity index (χ1v) is 6.25. The van der Waals surface area contributed by atoms with Crippen molar-refractivity contribution in [3.05, 3.63) is 58.1 Å². The second-order valence-electron chi connectivity index (χ2n) is 3.84. The summed E-state index contributed by atoms with van der Waals surface area (Å²) in [7, 11) is 0. The van der Waals surface area contributed by atoms with Gasteiger partial charge in [0.1, 0.15) is 0 Å². The SMILES string of the molecule is Cc1cccnc1CNC(=O)c1cncc(Br)c1. The fourth-order valence-electron chi connectivity index (χ4n) is 1.51. The number of aromatic nitrogens is 2. The maximum atomic E-state index is 11.9. The lowest BCUT2D eigenvalue weighted by Crippen LogP contribution is -2.23.